The maximum atomic E-state index is 4.87. The van der Waals surface area contributed by atoms with Crippen molar-refractivity contribution < 1.29 is 0 Å². The summed E-state index contributed by atoms with van der Waals surface area (Å²) in [5, 5.41) is 12.1. The minimum absolute atomic E-state index is 0.677. The van der Waals surface area contributed by atoms with E-state index in [0.29, 0.717) is 5.82 Å². The Morgan fingerprint density at radius 1 is 1.23 bits per heavy atom. The highest BCUT2D eigenvalue weighted by Crippen LogP contribution is 2.29. The van der Waals surface area contributed by atoms with Crippen molar-refractivity contribution in [1.82, 2.24) is 29.3 Å². The van der Waals surface area contributed by atoms with Gasteiger partial charge in [-0.2, -0.15) is 16.4 Å². The van der Waals surface area contributed by atoms with Crippen LogP contribution in [0.4, 0.5) is 5.82 Å². The monoisotopic (exact) mass is 367 g/mol. The first-order valence-corrected chi connectivity index (χ1v) is 9.56. The van der Waals surface area contributed by atoms with Gasteiger partial charge in [-0.15, -0.1) is 0 Å². The van der Waals surface area contributed by atoms with Gasteiger partial charge in [0.25, 0.3) is 0 Å². The first-order chi connectivity index (χ1) is 12.6. The molecule has 0 saturated heterocycles. The first-order valence-electron chi connectivity index (χ1n) is 8.62. The van der Waals surface area contributed by atoms with Crippen molar-refractivity contribution >= 4 is 28.3 Å². The highest BCUT2D eigenvalue weighted by atomic mass is 32.1. The summed E-state index contributed by atoms with van der Waals surface area (Å²) in [4.78, 5) is 14.2. The van der Waals surface area contributed by atoms with Gasteiger partial charge in [-0.3, -0.25) is 9.25 Å². The largest absolute Gasteiger partial charge is 0.368 e. The molecule has 26 heavy (non-hydrogen) atoms. The van der Waals surface area contributed by atoms with E-state index in [1.165, 1.54) is 0 Å². The van der Waals surface area contributed by atoms with Crippen LogP contribution in [-0.2, 0) is 7.05 Å². The van der Waals surface area contributed by atoms with Gasteiger partial charge >= 0.3 is 0 Å². The molecule has 1 N–H and O–H groups in total. The number of hydrogen-bond donors (Lipinski definition) is 1. The smallest absolute Gasteiger partial charge is 0.170 e. The van der Waals surface area contributed by atoms with E-state index in [9.17, 15) is 0 Å². The van der Waals surface area contributed by atoms with Crippen molar-refractivity contribution in [3.05, 3.63) is 34.5 Å². The summed E-state index contributed by atoms with van der Waals surface area (Å²) in [5.74, 6) is 1.44. The van der Waals surface area contributed by atoms with Gasteiger partial charge in [0.1, 0.15) is 6.33 Å². The SMILES string of the molecule is CCCNc1nc(-c2c(C)nn(C)c2C)nc2c1ncn2-c1ccsc1. The van der Waals surface area contributed by atoms with Gasteiger partial charge in [0, 0.05) is 24.7 Å². The standard InChI is InChI=1S/C18H21N7S/c1-5-7-19-17-15-18(25(10-20-15)13-6-8-26-9-13)22-16(21-17)14-11(2)23-24(4)12(14)3/h6,8-10H,5,7H2,1-4H3,(H,19,21,22). The van der Waals surface area contributed by atoms with Gasteiger partial charge in [-0.05, 0) is 31.7 Å². The van der Waals surface area contributed by atoms with E-state index < -0.39 is 0 Å². The van der Waals surface area contributed by atoms with Gasteiger partial charge in [0.2, 0.25) is 0 Å². The van der Waals surface area contributed by atoms with E-state index in [2.05, 4.69) is 39.1 Å². The molecule has 0 radical (unpaired) electrons. The van der Waals surface area contributed by atoms with Crippen LogP contribution in [0.15, 0.2) is 23.2 Å². The van der Waals surface area contributed by atoms with E-state index in [-0.39, 0.29) is 0 Å². The van der Waals surface area contributed by atoms with Crippen LogP contribution in [0.5, 0.6) is 0 Å². The molecule has 7 nitrogen and oxygen atoms in total. The maximum absolute atomic E-state index is 4.87. The van der Waals surface area contributed by atoms with Crippen LogP contribution in [-0.4, -0.2) is 35.8 Å². The van der Waals surface area contributed by atoms with Crippen LogP contribution in [0, 0.1) is 13.8 Å². The summed E-state index contributed by atoms with van der Waals surface area (Å²) >= 11 is 1.65. The first kappa shape index (κ1) is 16.7. The number of aromatic nitrogens is 6. The molecule has 0 amide bonds. The van der Waals surface area contributed by atoms with Crippen molar-refractivity contribution in [3.63, 3.8) is 0 Å². The number of nitrogens with zero attached hydrogens (tertiary/aromatic N) is 6. The number of aryl methyl sites for hydroxylation is 2. The zero-order chi connectivity index (χ0) is 18.3. The lowest BCUT2D eigenvalue weighted by atomic mass is 10.2. The van der Waals surface area contributed by atoms with Crippen molar-refractivity contribution in [2.24, 2.45) is 7.05 Å². The lowest BCUT2D eigenvalue weighted by molar-refractivity contribution is 0.731. The zero-order valence-electron chi connectivity index (χ0n) is 15.3. The molecule has 8 heteroatoms. The van der Waals surface area contributed by atoms with Gasteiger partial charge in [0.05, 0.1) is 16.9 Å². The predicted molar refractivity (Wildman–Crippen MR) is 105 cm³/mol. The fourth-order valence-corrected chi connectivity index (χ4v) is 3.69. The summed E-state index contributed by atoms with van der Waals surface area (Å²) in [7, 11) is 1.94. The third kappa shape index (κ3) is 2.66. The van der Waals surface area contributed by atoms with Crippen LogP contribution < -0.4 is 5.32 Å². The third-order valence-electron chi connectivity index (χ3n) is 4.46. The quantitative estimate of drug-likeness (QED) is 0.582. The van der Waals surface area contributed by atoms with Crippen LogP contribution in [0.3, 0.4) is 0 Å². The third-order valence-corrected chi connectivity index (χ3v) is 5.13. The molecular weight excluding hydrogens is 346 g/mol. The van der Waals surface area contributed by atoms with Gasteiger partial charge < -0.3 is 5.32 Å². The summed E-state index contributed by atoms with van der Waals surface area (Å²) in [6.07, 6.45) is 2.82. The van der Waals surface area contributed by atoms with Gasteiger partial charge in [-0.25, -0.2) is 15.0 Å². The van der Waals surface area contributed by atoms with Crippen molar-refractivity contribution in [3.8, 4) is 17.1 Å². The second-order valence-electron chi connectivity index (χ2n) is 6.26. The number of imidazole rings is 1. The average molecular weight is 367 g/mol. The number of nitrogens with one attached hydrogen (secondary N) is 1. The molecule has 4 aromatic heterocycles. The number of hydrogen-bond acceptors (Lipinski definition) is 6. The Bertz CT molecular complexity index is 1060. The molecule has 0 unspecified atom stereocenters. The summed E-state index contributed by atoms with van der Waals surface area (Å²) < 4.78 is 3.88. The van der Waals surface area contributed by atoms with Crippen LogP contribution >= 0.6 is 11.3 Å². The fourth-order valence-electron chi connectivity index (χ4n) is 3.06. The Kier molecular flexibility index (Phi) is 4.20. The summed E-state index contributed by atoms with van der Waals surface area (Å²) in [6, 6.07) is 2.06. The van der Waals surface area contributed by atoms with Crippen LogP contribution in [0.25, 0.3) is 28.2 Å². The molecule has 4 aromatic rings. The number of thiophene rings is 1. The maximum Gasteiger partial charge on any atom is 0.170 e. The Morgan fingerprint density at radius 2 is 2.08 bits per heavy atom. The lowest BCUT2D eigenvalue weighted by Crippen LogP contribution is -2.06. The van der Waals surface area contributed by atoms with E-state index in [0.717, 1.165) is 52.6 Å². The number of fused-ring (bicyclic) bond motifs is 1. The van der Waals surface area contributed by atoms with Gasteiger partial charge in [-0.1, -0.05) is 6.92 Å². The molecule has 0 aliphatic rings. The molecule has 0 aromatic carbocycles. The molecule has 4 rings (SSSR count). The summed E-state index contributed by atoms with van der Waals surface area (Å²) in [6.45, 7) is 7.00. The topological polar surface area (TPSA) is 73.5 Å². The Hall–Kier alpha value is -2.74. The Labute approximate surface area is 155 Å². The molecular formula is C18H21N7S. The highest BCUT2D eigenvalue weighted by molar-refractivity contribution is 7.08. The van der Waals surface area contributed by atoms with Crippen molar-refractivity contribution in [1.29, 1.82) is 0 Å². The van der Waals surface area contributed by atoms with Crippen molar-refractivity contribution in [2.45, 2.75) is 27.2 Å². The molecule has 0 spiro atoms. The Morgan fingerprint density at radius 3 is 2.73 bits per heavy atom. The minimum Gasteiger partial charge on any atom is -0.368 e. The summed E-state index contributed by atoms with van der Waals surface area (Å²) in [5.41, 5.74) is 5.59. The Balaban J connectivity index is 1.97. The zero-order valence-corrected chi connectivity index (χ0v) is 16.1. The van der Waals surface area contributed by atoms with E-state index in [1.54, 1.807) is 11.3 Å². The van der Waals surface area contributed by atoms with Gasteiger partial charge in [0.15, 0.2) is 22.8 Å². The fraction of sp³-hybridized carbons (Fsp3) is 0.333. The lowest BCUT2D eigenvalue weighted by Gasteiger charge is -2.09. The minimum atomic E-state index is 0.677. The second-order valence-corrected chi connectivity index (χ2v) is 7.04. The molecule has 134 valence electrons. The molecule has 0 aliphatic carbocycles. The van der Waals surface area contributed by atoms with Crippen LogP contribution in [0.1, 0.15) is 24.7 Å². The molecule has 0 atom stereocenters. The molecule has 0 fully saturated rings. The number of rotatable bonds is 5. The molecule has 0 saturated carbocycles. The van der Waals surface area contributed by atoms with Crippen LogP contribution in [0.2, 0.25) is 0 Å². The van der Waals surface area contributed by atoms with E-state index in [1.807, 2.05) is 36.5 Å². The second kappa shape index (κ2) is 6.53. The number of anilines is 1. The predicted octanol–water partition coefficient (Wildman–Crippen LogP) is 3.72. The van der Waals surface area contributed by atoms with E-state index in [4.69, 9.17) is 9.97 Å². The highest BCUT2D eigenvalue weighted by Gasteiger charge is 2.19. The average Bonchev–Trinajstić information content (AvgIpc) is 3.33. The van der Waals surface area contributed by atoms with Crippen molar-refractivity contribution in [2.75, 3.05) is 11.9 Å². The van der Waals surface area contributed by atoms with E-state index >= 15 is 0 Å². The molecule has 0 aliphatic heterocycles. The molecule has 0 bridgehead atoms. The normalized spacial score (nSPS) is 11.4. The molecule has 4 heterocycles.